The SMILES string of the molecule is Cc1ccc(C(=O)N(N)c2ccc(C)cc2)cc1. The van der Waals surface area contributed by atoms with Gasteiger partial charge in [-0.05, 0) is 38.1 Å². The van der Waals surface area contributed by atoms with E-state index in [4.69, 9.17) is 5.84 Å². The van der Waals surface area contributed by atoms with Crippen LogP contribution in [0.2, 0.25) is 0 Å². The molecule has 0 unspecified atom stereocenters. The van der Waals surface area contributed by atoms with Gasteiger partial charge in [-0.3, -0.25) is 4.79 Å². The first-order valence-electron chi connectivity index (χ1n) is 5.80. The summed E-state index contributed by atoms with van der Waals surface area (Å²) in [4.78, 5) is 12.1. The molecule has 0 heterocycles. The van der Waals surface area contributed by atoms with Crippen molar-refractivity contribution in [2.24, 2.45) is 5.84 Å². The summed E-state index contributed by atoms with van der Waals surface area (Å²) in [5.41, 5.74) is 3.52. The first-order valence-corrected chi connectivity index (χ1v) is 5.80. The lowest BCUT2D eigenvalue weighted by Crippen LogP contribution is -2.37. The molecule has 0 aromatic heterocycles. The van der Waals surface area contributed by atoms with Crippen molar-refractivity contribution in [1.82, 2.24) is 0 Å². The fourth-order valence-electron chi connectivity index (χ4n) is 1.66. The molecule has 0 aliphatic rings. The Morgan fingerprint density at radius 2 is 1.33 bits per heavy atom. The maximum absolute atomic E-state index is 12.1. The van der Waals surface area contributed by atoms with Crippen LogP contribution in [0.1, 0.15) is 21.5 Å². The number of hydrogen-bond donors (Lipinski definition) is 1. The second-order valence-electron chi connectivity index (χ2n) is 4.38. The van der Waals surface area contributed by atoms with Gasteiger partial charge in [0, 0.05) is 5.56 Å². The quantitative estimate of drug-likeness (QED) is 0.498. The number of rotatable bonds is 2. The Bertz CT molecular complexity index is 544. The molecule has 0 fully saturated rings. The topological polar surface area (TPSA) is 46.3 Å². The third kappa shape index (κ3) is 2.57. The molecule has 2 aromatic rings. The predicted octanol–water partition coefficient (Wildman–Crippen LogP) is 2.82. The van der Waals surface area contributed by atoms with Crippen molar-refractivity contribution in [3.8, 4) is 0 Å². The molecule has 0 radical (unpaired) electrons. The van der Waals surface area contributed by atoms with E-state index in [1.54, 1.807) is 12.1 Å². The van der Waals surface area contributed by atoms with Crippen LogP contribution in [0.25, 0.3) is 0 Å². The zero-order valence-electron chi connectivity index (χ0n) is 10.6. The van der Waals surface area contributed by atoms with E-state index in [1.807, 2.05) is 50.2 Å². The highest BCUT2D eigenvalue weighted by atomic mass is 16.2. The summed E-state index contributed by atoms with van der Waals surface area (Å²) in [5.74, 6) is 5.63. The summed E-state index contributed by atoms with van der Waals surface area (Å²) in [6, 6.07) is 14.9. The van der Waals surface area contributed by atoms with Gasteiger partial charge in [-0.25, -0.2) is 10.9 Å². The second kappa shape index (κ2) is 5.02. The summed E-state index contributed by atoms with van der Waals surface area (Å²) in [6.45, 7) is 3.97. The third-order valence-electron chi connectivity index (χ3n) is 2.83. The Labute approximate surface area is 107 Å². The maximum Gasteiger partial charge on any atom is 0.272 e. The first kappa shape index (κ1) is 12.3. The average Bonchev–Trinajstić information content (AvgIpc) is 2.39. The van der Waals surface area contributed by atoms with E-state index < -0.39 is 0 Å². The molecule has 2 rings (SSSR count). The molecule has 0 spiro atoms. The number of benzene rings is 2. The molecule has 0 atom stereocenters. The monoisotopic (exact) mass is 240 g/mol. The van der Waals surface area contributed by atoms with E-state index in [9.17, 15) is 4.79 Å². The van der Waals surface area contributed by atoms with Crippen molar-refractivity contribution in [1.29, 1.82) is 0 Å². The standard InChI is InChI=1S/C15H16N2O/c1-11-3-7-13(8-4-11)15(18)17(16)14-9-5-12(2)6-10-14/h3-10H,16H2,1-2H3. The Morgan fingerprint density at radius 3 is 1.83 bits per heavy atom. The van der Waals surface area contributed by atoms with E-state index in [0.717, 1.165) is 11.1 Å². The van der Waals surface area contributed by atoms with Gasteiger partial charge < -0.3 is 0 Å². The van der Waals surface area contributed by atoms with Gasteiger partial charge in [0.25, 0.3) is 5.91 Å². The molecule has 2 aromatic carbocycles. The van der Waals surface area contributed by atoms with Crippen LogP contribution in [0, 0.1) is 13.8 Å². The van der Waals surface area contributed by atoms with Crippen LogP contribution in [0.15, 0.2) is 48.5 Å². The Hall–Kier alpha value is -2.13. The number of aryl methyl sites for hydroxylation is 2. The van der Waals surface area contributed by atoms with Crippen LogP contribution < -0.4 is 10.9 Å². The van der Waals surface area contributed by atoms with Crippen LogP contribution in [0.4, 0.5) is 5.69 Å². The van der Waals surface area contributed by atoms with Gasteiger partial charge in [0.05, 0.1) is 5.69 Å². The molecular formula is C15H16N2O. The minimum atomic E-state index is -0.209. The Morgan fingerprint density at radius 1 is 0.889 bits per heavy atom. The predicted molar refractivity (Wildman–Crippen MR) is 73.4 cm³/mol. The van der Waals surface area contributed by atoms with Crippen molar-refractivity contribution >= 4 is 11.6 Å². The molecule has 3 heteroatoms. The number of hydrazine groups is 1. The maximum atomic E-state index is 12.1. The van der Waals surface area contributed by atoms with Crippen LogP contribution in [0.5, 0.6) is 0 Å². The molecule has 18 heavy (non-hydrogen) atoms. The van der Waals surface area contributed by atoms with Crippen molar-refractivity contribution in [3.05, 3.63) is 65.2 Å². The lowest BCUT2D eigenvalue weighted by molar-refractivity contribution is 0.0987. The van der Waals surface area contributed by atoms with Gasteiger partial charge in [0.15, 0.2) is 0 Å². The smallest absolute Gasteiger partial charge is 0.267 e. The van der Waals surface area contributed by atoms with Crippen LogP contribution >= 0.6 is 0 Å². The minimum Gasteiger partial charge on any atom is -0.267 e. The zero-order valence-corrected chi connectivity index (χ0v) is 10.6. The molecule has 0 bridgehead atoms. The van der Waals surface area contributed by atoms with Gasteiger partial charge in [-0.2, -0.15) is 0 Å². The Balaban J connectivity index is 2.23. The highest BCUT2D eigenvalue weighted by Crippen LogP contribution is 2.15. The summed E-state index contributed by atoms with van der Waals surface area (Å²) in [7, 11) is 0. The number of hydrogen-bond acceptors (Lipinski definition) is 2. The summed E-state index contributed by atoms with van der Waals surface area (Å²) >= 11 is 0. The molecule has 0 aliphatic carbocycles. The van der Waals surface area contributed by atoms with E-state index in [2.05, 4.69) is 0 Å². The number of amides is 1. The number of nitrogens with two attached hydrogens (primary N) is 1. The molecule has 0 saturated carbocycles. The molecule has 92 valence electrons. The van der Waals surface area contributed by atoms with Gasteiger partial charge in [-0.15, -0.1) is 0 Å². The van der Waals surface area contributed by atoms with E-state index in [-0.39, 0.29) is 5.91 Å². The average molecular weight is 240 g/mol. The largest absolute Gasteiger partial charge is 0.272 e. The molecule has 0 saturated heterocycles. The number of anilines is 1. The first-order chi connectivity index (χ1) is 8.58. The number of nitrogens with zero attached hydrogens (tertiary/aromatic N) is 1. The van der Waals surface area contributed by atoms with Crippen molar-refractivity contribution < 1.29 is 4.79 Å². The van der Waals surface area contributed by atoms with Gasteiger partial charge in [0.2, 0.25) is 0 Å². The van der Waals surface area contributed by atoms with E-state index in [1.165, 1.54) is 5.01 Å². The van der Waals surface area contributed by atoms with Gasteiger partial charge in [-0.1, -0.05) is 35.4 Å². The zero-order chi connectivity index (χ0) is 13.1. The third-order valence-corrected chi connectivity index (χ3v) is 2.83. The minimum absolute atomic E-state index is 0.209. The van der Waals surface area contributed by atoms with Gasteiger partial charge in [0.1, 0.15) is 0 Å². The van der Waals surface area contributed by atoms with E-state index >= 15 is 0 Å². The van der Waals surface area contributed by atoms with Crippen molar-refractivity contribution in [3.63, 3.8) is 0 Å². The molecular weight excluding hydrogens is 224 g/mol. The molecule has 0 aliphatic heterocycles. The van der Waals surface area contributed by atoms with Gasteiger partial charge >= 0.3 is 0 Å². The van der Waals surface area contributed by atoms with Crippen LogP contribution in [0.3, 0.4) is 0 Å². The molecule has 3 nitrogen and oxygen atoms in total. The summed E-state index contributed by atoms with van der Waals surface area (Å²) in [5, 5.41) is 1.17. The summed E-state index contributed by atoms with van der Waals surface area (Å²) < 4.78 is 0. The highest BCUT2D eigenvalue weighted by molar-refractivity contribution is 6.05. The van der Waals surface area contributed by atoms with E-state index in [0.29, 0.717) is 11.3 Å². The number of carbonyl (C=O) groups is 1. The van der Waals surface area contributed by atoms with Crippen LogP contribution in [-0.4, -0.2) is 5.91 Å². The fraction of sp³-hybridized carbons (Fsp3) is 0.133. The van der Waals surface area contributed by atoms with Crippen molar-refractivity contribution in [2.75, 3.05) is 5.01 Å². The van der Waals surface area contributed by atoms with Crippen LogP contribution in [-0.2, 0) is 0 Å². The molecule has 1 amide bonds. The molecule has 2 N–H and O–H groups in total. The highest BCUT2D eigenvalue weighted by Gasteiger charge is 2.13. The Kier molecular flexibility index (Phi) is 3.44. The normalized spacial score (nSPS) is 10.2. The lowest BCUT2D eigenvalue weighted by atomic mass is 10.1. The summed E-state index contributed by atoms with van der Waals surface area (Å²) in [6.07, 6.45) is 0. The second-order valence-corrected chi connectivity index (χ2v) is 4.38. The van der Waals surface area contributed by atoms with Crippen molar-refractivity contribution in [2.45, 2.75) is 13.8 Å². The lowest BCUT2D eigenvalue weighted by Gasteiger charge is -2.17. The fourth-order valence-corrected chi connectivity index (χ4v) is 1.66. The number of carbonyl (C=O) groups excluding carboxylic acids is 1.